The number of fused-ring (bicyclic) bond motifs is 11. The minimum Gasteiger partial charge on any atom is -0.456 e. The second-order valence-corrected chi connectivity index (χ2v) is 16.3. The smallest absolute Gasteiger partial charge is 0.143 e. The molecule has 62 heavy (non-hydrogen) atoms. The van der Waals surface area contributed by atoms with Crippen LogP contribution in [0.5, 0.6) is 0 Å². The zero-order chi connectivity index (χ0) is 40.8. The van der Waals surface area contributed by atoms with Gasteiger partial charge in [-0.15, -0.1) is 0 Å². The number of rotatable bonds is 6. The van der Waals surface area contributed by atoms with Gasteiger partial charge in [-0.2, -0.15) is 0 Å². The van der Waals surface area contributed by atoms with E-state index in [2.05, 4.69) is 223 Å². The maximum atomic E-state index is 6.68. The van der Waals surface area contributed by atoms with Gasteiger partial charge in [0.1, 0.15) is 22.3 Å². The average Bonchev–Trinajstić information content (AvgIpc) is 4.02. The molecule has 13 rings (SSSR count). The second kappa shape index (κ2) is 13.4. The van der Waals surface area contributed by atoms with Crippen molar-refractivity contribution >= 4 is 71.7 Å². The fourth-order valence-electron chi connectivity index (χ4n) is 10.6. The van der Waals surface area contributed by atoms with Crippen molar-refractivity contribution in [3.63, 3.8) is 0 Å². The van der Waals surface area contributed by atoms with Crippen LogP contribution in [0.2, 0.25) is 0 Å². The monoisotopic (exact) mass is 791 g/mol. The summed E-state index contributed by atoms with van der Waals surface area (Å²) in [7, 11) is 0. The maximum absolute atomic E-state index is 6.68. The zero-order valence-corrected chi connectivity index (χ0v) is 33.6. The van der Waals surface area contributed by atoms with E-state index in [1.54, 1.807) is 0 Å². The molecule has 2 aromatic heterocycles. The van der Waals surface area contributed by atoms with Crippen molar-refractivity contribution in [2.24, 2.45) is 0 Å². The summed E-state index contributed by atoms with van der Waals surface area (Å²) >= 11 is 0. The summed E-state index contributed by atoms with van der Waals surface area (Å²) in [6, 6.07) is 81.1. The van der Waals surface area contributed by atoms with Crippen molar-refractivity contribution in [2.45, 2.75) is 5.41 Å². The highest BCUT2D eigenvalue weighted by molar-refractivity contribution is 6.19. The van der Waals surface area contributed by atoms with Gasteiger partial charge in [-0.3, -0.25) is 0 Å². The van der Waals surface area contributed by atoms with E-state index in [1.165, 1.54) is 38.8 Å². The number of para-hydroxylation sites is 1. The highest BCUT2D eigenvalue weighted by Crippen LogP contribution is 2.60. The van der Waals surface area contributed by atoms with Crippen LogP contribution in [0.4, 0.5) is 17.1 Å². The van der Waals surface area contributed by atoms with E-state index >= 15 is 0 Å². The quantitative estimate of drug-likeness (QED) is 0.168. The predicted molar refractivity (Wildman–Crippen MR) is 256 cm³/mol. The summed E-state index contributed by atoms with van der Waals surface area (Å²) in [6.07, 6.45) is 0. The minimum absolute atomic E-state index is 0.547. The molecule has 0 bridgehead atoms. The Labute approximate surface area is 358 Å². The van der Waals surface area contributed by atoms with Gasteiger partial charge in [0.05, 0.1) is 22.2 Å². The van der Waals surface area contributed by atoms with Gasteiger partial charge in [0.25, 0.3) is 0 Å². The van der Waals surface area contributed by atoms with Crippen LogP contribution in [0.1, 0.15) is 22.3 Å². The highest BCUT2D eigenvalue weighted by atomic mass is 16.3. The maximum Gasteiger partial charge on any atom is 0.143 e. The number of furan rings is 2. The van der Waals surface area contributed by atoms with Crippen LogP contribution in [0.15, 0.2) is 233 Å². The normalized spacial score (nSPS) is 13.0. The molecular weight excluding hydrogens is 755 g/mol. The Balaban J connectivity index is 1.11. The molecule has 1 aliphatic rings. The van der Waals surface area contributed by atoms with E-state index in [1.807, 2.05) is 6.07 Å². The molecule has 0 spiro atoms. The molecule has 1 aliphatic carbocycles. The van der Waals surface area contributed by atoms with Gasteiger partial charge in [0.2, 0.25) is 0 Å². The number of benzene rings is 10. The van der Waals surface area contributed by atoms with E-state index in [9.17, 15) is 0 Å². The van der Waals surface area contributed by atoms with Crippen LogP contribution in [0, 0.1) is 0 Å². The average molecular weight is 792 g/mol. The van der Waals surface area contributed by atoms with Crippen molar-refractivity contribution in [3.8, 4) is 22.3 Å². The van der Waals surface area contributed by atoms with Crippen LogP contribution in [-0.4, -0.2) is 0 Å². The Morgan fingerprint density at radius 1 is 0.371 bits per heavy atom. The lowest BCUT2D eigenvalue weighted by Gasteiger charge is -2.34. The molecule has 10 aromatic carbocycles. The van der Waals surface area contributed by atoms with E-state index in [-0.39, 0.29) is 0 Å². The van der Waals surface area contributed by atoms with Crippen LogP contribution in [0.25, 0.3) is 76.9 Å². The summed E-state index contributed by atoms with van der Waals surface area (Å²) in [5.74, 6) is 0. The molecule has 290 valence electrons. The van der Waals surface area contributed by atoms with Crippen LogP contribution < -0.4 is 4.90 Å². The molecule has 0 unspecified atom stereocenters. The standard InChI is InChI=1S/C59H37NO2/c1-3-19-40(20-4-1)59(41-21-5-2-6-22-41)48-28-11-9-25-45(48)56-49(59)29-15-30-50(56)60(51-31-16-34-54-57(51)46-26-10-12-32-52(46)61-54)42-23-13-18-39(37-42)43-27-14-33-53-55(43)47-36-35-38-17-7-8-24-44(38)58(47)62-53/h1-37H. The third-order valence-corrected chi connectivity index (χ3v) is 13.1. The fraction of sp³-hybridized carbons (Fsp3) is 0.0169. The molecule has 0 radical (unpaired) electrons. The molecule has 12 aromatic rings. The first-order valence-corrected chi connectivity index (χ1v) is 21.3. The van der Waals surface area contributed by atoms with Crippen LogP contribution >= 0.6 is 0 Å². The Hall–Kier alpha value is -8.14. The number of hydrogen-bond acceptors (Lipinski definition) is 3. The summed E-state index contributed by atoms with van der Waals surface area (Å²) in [6.45, 7) is 0. The van der Waals surface area contributed by atoms with E-state index in [0.29, 0.717) is 0 Å². The van der Waals surface area contributed by atoms with Gasteiger partial charge in [0.15, 0.2) is 0 Å². The minimum atomic E-state index is -0.547. The van der Waals surface area contributed by atoms with Crippen LogP contribution in [-0.2, 0) is 5.41 Å². The van der Waals surface area contributed by atoms with Crippen molar-refractivity contribution < 1.29 is 8.83 Å². The van der Waals surface area contributed by atoms with Gasteiger partial charge in [0, 0.05) is 32.8 Å². The SMILES string of the molecule is c1ccc(C2(c3ccccc3)c3ccccc3-c3c(N(c4cccc(-c5cccc6oc7c8ccccc8ccc7c56)c4)c4cccc5oc6ccccc6c45)cccc32)cc1. The third-order valence-electron chi connectivity index (χ3n) is 13.1. The van der Waals surface area contributed by atoms with Gasteiger partial charge in [-0.25, -0.2) is 0 Å². The van der Waals surface area contributed by atoms with Crippen molar-refractivity contribution in [1.82, 2.24) is 0 Å². The number of hydrogen-bond donors (Lipinski definition) is 0. The molecule has 0 atom stereocenters. The molecule has 0 N–H and O–H groups in total. The molecule has 3 nitrogen and oxygen atoms in total. The lowest BCUT2D eigenvalue weighted by molar-refractivity contribution is 0.669. The molecule has 0 aliphatic heterocycles. The Kier molecular flexibility index (Phi) is 7.52. The summed E-state index contributed by atoms with van der Waals surface area (Å²) in [5, 5.41) is 6.67. The first-order valence-electron chi connectivity index (χ1n) is 21.3. The highest BCUT2D eigenvalue weighted by Gasteiger charge is 2.47. The zero-order valence-electron chi connectivity index (χ0n) is 33.6. The molecule has 2 heterocycles. The van der Waals surface area contributed by atoms with E-state index in [0.717, 1.165) is 77.5 Å². The largest absolute Gasteiger partial charge is 0.456 e. The number of nitrogens with zero attached hydrogens (tertiary/aromatic N) is 1. The van der Waals surface area contributed by atoms with Gasteiger partial charge in [-0.1, -0.05) is 176 Å². The summed E-state index contributed by atoms with van der Waals surface area (Å²) in [4.78, 5) is 2.47. The molecule has 0 fully saturated rings. The fourth-order valence-corrected chi connectivity index (χ4v) is 10.6. The third kappa shape index (κ3) is 4.88. The molecule has 3 heteroatoms. The molecule has 0 amide bonds. The Morgan fingerprint density at radius 2 is 0.984 bits per heavy atom. The Morgan fingerprint density at radius 3 is 1.82 bits per heavy atom. The summed E-state index contributed by atoms with van der Waals surface area (Å²) < 4.78 is 13.3. The predicted octanol–water partition coefficient (Wildman–Crippen LogP) is 16.1. The van der Waals surface area contributed by atoms with Gasteiger partial charge >= 0.3 is 0 Å². The first kappa shape index (κ1) is 34.7. The van der Waals surface area contributed by atoms with Gasteiger partial charge in [-0.05, 0) is 92.9 Å². The molecule has 0 saturated carbocycles. The van der Waals surface area contributed by atoms with Crippen molar-refractivity contribution in [1.29, 1.82) is 0 Å². The lowest BCUT2D eigenvalue weighted by atomic mass is 9.68. The first-order chi connectivity index (χ1) is 30.8. The number of anilines is 3. The van der Waals surface area contributed by atoms with Crippen LogP contribution in [0.3, 0.4) is 0 Å². The topological polar surface area (TPSA) is 29.5 Å². The second-order valence-electron chi connectivity index (χ2n) is 16.3. The lowest BCUT2D eigenvalue weighted by Crippen LogP contribution is -2.28. The molecule has 0 saturated heterocycles. The van der Waals surface area contributed by atoms with Gasteiger partial charge < -0.3 is 13.7 Å². The van der Waals surface area contributed by atoms with E-state index < -0.39 is 5.41 Å². The van der Waals surface area contributed by atoms with Crippen molar-refractivity contribution in [2.75, 3.05) is 4.90 Å². The molecular formula is C59H37NO2. The Bertz CT molecular complexity index is 3670. The van der Waals surface area contributed by atoms with E-state index in [4.69, 9.17) is 8.83 Å². The van der Waals surface area contributed by atoms with Crippen molar-refractivity contribution in [3.05, 3.63) is 247 Å². The summed E-state index contributed by atoms with van der Waals surface area (Å²) in [5.41, 5.74) is 15.8.